The number of nitrogens with two attached hydrogens (primary N) is 1. The van der Waals surface area contributed by atoms with E-state index in [1.165, 1.54) is 0 Å². The molecule has 3 nitrogen and oxygen atoms in total. The lowest BCUT2D eigenvalue weighted by atomic mass is 10.1. The Morgan fingerprint density at radius 3 is 2.81 bits per heavy atom. The lowest BCUT2D eigenvalue weighted by molar-refractivity contribution is 0.266. The van der Waals surface area contributed by atoms with Crippen molar-refractivity contribution in [1.29, 1.82) is 0 Å². The highest BCUT2D eigenvalue weighted by Crippen LogP contribution is 2.21. The van der Waals surface area contributed by atoms with Gasteiger partial charge in [0.05, 0.1) is 0 Å². The smallest absolute Gasteiger partial charge is 0.120 e. The average Bonchev–Trinajstić information content (AvgIpc) is 2.23. The zero-order valence-corrected chi connectivity index (χ0v) is 10.9. The number of nitrogens with zero attached hydrogens (tertiary/aromatic N) is 1. The van der Waals surface area contributed by atoms with Gasteiger partial charge in [-0.05, 0) is 38.4 Å². The molecule has 0 amide bonds. The highest BCUT2D eigenvalue weighted by Gasteiger charge is 2.11. The largest absolute Gasteiger partial charge is 0.508 e. The van der Waals surface area contributed by atoms with Crippen molar-refractivity contribution in [2.45, 2.75) is 19.5 Å². The van der Waals surface area contributed by atoms with Crippen molar-refractivity contribution >= 4 is 17.4 Å². The molecule has 0 radical (unpaired) electrons. The molecular weight excluding hydrogens is 220 g/mol. The number of thioether (sulfide) groups is 1. The predicted molar refractivity (Wildman–Crippen MR) is 71.8 cm³/mol. The Bertz CT molecular complexity index is 344. The molecule has 3 N–H and O–H groups in total. The summed E-state index contributed by atoms with van der Waals surface area (Å²) in [4.78, 5) is 2.21. The van der Waals surface area contributed by atoms with E-state index in [0.717, 1.165) is 17.9 Å². The molecule has 1 unspecified atom stereocenters. The number of hydrogen-bond donors (Lipinski definition) is 2. The van der Waals surface area contributed by atoms with Crippen molar-refractivity contribution in [3.05, 3.63) is 23.8 Å². The van der Waals surface area contributed by atoms with E-state index < -0.39 is 0 Å². The van der Waals surface area contributed by atoms with Crippen molar-refractivity contribution in [2.75, 3.05) is 24.8 Å². The Morgan fingerprint density at radius 2 is 2.19 bits per heavy atom. The summed E-state index contributed by atoms with van der Waals surface area (Å²) in [7, 11) is 2.06. The molecule has 1 aromatic rings. The first kappa shape index (κ1) is 13.2. The molecule has 0 aliphatic rings. The quantitative estimate of drug-likeness (QED) is 0.611. The molecule has 0 aliphatic heterocycles. The topological polar surface area (TPSA) is 49.5 Å². The van der Waals surface area contributed by atoms with Crippen LogP contribution in [0.5, 0.6) is 5.75 Å². The summed E-state index contributed by atoms with van der Waals surface area (Å²) in [5, 5.41) is 9.71. The molecule has 1 aromatic carbocycles. The predicted octanol–water partition coefficient (Wildman–Crippen LogP) is 2.16. The first-order chi connectivity index (χ1) is 7.54. The molecule has 0 fully saturated rings. The Labute approximate surface area is 102 Å². The third-order valence-electron chi connectivity index (χ3n) is 2.68. The third-order valence-corrected chi connectivity index (χ3v) is 3.50. The van der Waals surface area contributed by atoms with Gasteiger partial charge in [0.15, 0.2) is 0 Å². The summed E-state index contributed by atoms with van der Waals surface area (Å²) in [6, 6.07) is 5.68. The summed E-state index contributed by atoms with van der Waals surface area (Å²) < 4.78 is 0. The van der Waals surface area contributed by atoms with Gasteiger partial charge in [0, 0.05) is 29.6 Å². The summed E-state index contributed by atoms with van der Waals surface area (Å²) >= 11 is 1.83. The molecule has 0 aliphatic carbocycles. The third kappa shape index (κ3) is 3.61. The minimum atomic E-state index is 0.317. The SMILES string of the molecule is CSCC(C)N(C)Cc1cc(N)ccc1O. The fourth-order valence-corrected chi connectivity index (χ4v) is 2.26. The molecule has 90 valence electrons. The Balaban J connectivity index is 2.68. The van der Waals surface area contributed by atoms with Crippen molar-refractivity contribution in [3.8, 4) is 5.75 Å². The molecule has 0 spiro atoms. The van der Waals surface area contributed by atoms with Gasteiger partial charge in [-0.1, -0.05) is 0 Å². The summed E-state index contributed by atoms with van der Waals surface area (Å²) in [6.45, 7) is 2.90. The molecule has 1 rings (SSSR count). The van der Waals surface area contributed by atoms with E-state index in [-0.39, 0.29) is 0 Å². The van der Waals surface area contributed by atoms with E-state index in [1.54, 1.807) is 12.1 Å². The minimum absolute atomic E-state index is 0.317. The normalized spacial score (nSPS) is 13.0. The second kappa shape index (κ2) is 6.01. The molecule has 16 heavy (non-hydrogen) atoms. The van der Waals surface area contributed by atoms with Crippen LogP contribution in [0.4, 0.5) is 5.69 Å². The van der Waals surface area contributed by atoms with E-state index in [4.69, 9.17) is 5.73 Å². The van der Waals surface area contributed by atoms with E-state index in [1.807, 2.05) is 17.8 Å². The van der Waals surface area contributed by atoms with E-state index in [0.29, 0.717) is 17.5 Å². The Morgan fingerprint density at radius 1 is 1.50 bits per heavy atom. The molecule has 1 atom stereocenters. The molecule has 0 saturated carbocycles. The van der Waals surface area contributed by atoms with Gasteiger partial charge in [-0.15, -0.1) is 0 Å². The van der Waals surface area contributed by atoms with E-state index in [9.17, 15) is 5.11 Å². The van der Waals surface area contributed by atoms with Crippen molar-refractivity contribution < 1.29 is 5.11 Å². The highest BCUT2D eigenvalue weighted by molar-refractivity contribution is 7.98. The van der Waals surface area contributed by atoms with Crippen molar-refractivity contribution in [3.63, 3.8) is 0 Å². The second-order valence-electron chi connectivity index (χ2n) is 4.11. The van der Waals surface area contributed by atoms with Crippen LogP contribution in [0.25, 0.3) is 0 Å². The zero-order chi connectivity index (χ0) is 12.1. The van der Waals surface area contributed by atoms with Crippen LogP contribution in [0.3, 0.4) is 0 Å². The summed E-state index contributed by atoms with van der Waals surface area (Å²) in [6.07, 6.45) is 2.10. The highest BCUT2D eigenvalue weighted by atomic mass is 32.2. The van der Waals surface area contributed by atoms with Crippen LogP contribution in [0, 0.1) is 0 Å². The Hall–Kier alpha value is -0.870. The summed E-state index contributed by atoms with van der Waals surface area (Å²) in [5.41, 5.74) is 7.28. The van der Waals surface area contributed by atoms with Crippen LogP contribution in [-0.2, 0) is 6.54 Å². The molecule has 0 saturated heterocycles. The number of rotatable bonds is 5. The number of aromatic hydroxyl groups is 1. The van der Waals surface area contributed by atoms with Gasteiger partial charge in [-0.2, -0.15) is 11.8 Å². The number of nitrogen functional groups attached to an aromatic ring is 1. The molecule has 0 heterocycles. The van der Waals surface area contributed by atoms with Gasteiger partial charge in [-0.25, -0.2) is 0 Å². The van der Waals surface area contributed by atoms with Crippen LogP contribution < -0.4 is 5.73 Å². The molecule has 0 bridgehead atoms. The number of hydrogen-bond acceptors (Lipinski definition) is 4. The molecule has 0 aromatic heterocycles. The number of benzene rings is 1. The number of anilines is 1. The van der Waals surface area contributed by atoms with Gasteiger partial charge in [0.1, 0.15) is 5.75 Å². The van der Waals surface area contributed by atoms with Crippen LogP contribution >= 0.6 is 11.8 Å². The fourth-order valence-electron chi connectivity index (χ4n) is 1.53. The monoisotopic (exact) mass is 240 g/mol. The van der Waals surface area contributed by atoms with Crippen LogP contribution in [-0.4, -0.2) is 35.1 Å². The van der Waals surface area contributed by atoms with Crippen molar-refractivity contribution in [2.24, 2.45) is 0 Å². The average molecular weight is 240 g/mol. The first-order valence-corrected chi connectivity index (χ1v) is 6.70. The maximum absolute atomic E-state index is 9.71. The minimum Gasteiger partial charge on any atom is -0.508 e. The maximum Gasteiger partial charge on any atom is 0.120 e. The van der Waals surface area contributed by atoms with Gasteiger partial charge in [0.2, 0.25) is 0 Å². The lowest BCUT2D eigenvalue weighted by Gasteiger charge is -2.24. The fraction of sp³-hybridized carbons (Fsp3) is 0.500. The number of phenols is 1. The van der Waals surface area contributed by atoms with Crippen LogP contribution in [0.1, 0.15) is 12.5 Å². The van der Waals surface area contributed by atoms with Gasteiger partial charge < -0.3 is 10.8 Å². The second-order valence-corrected chi connectivity index (χ2v) is 5.02. The first-order valence-electron chi connectivity index (χ1n) is 5.31. The van der Waals surface area contributed by atoms with E-state index >= 15 is 0 Å². The van der Waals surface area contributed by atoms with Gasteiger partial charge >= 0.3 is 0 Å². The molecular formula is C12H20N2OS. The Kier molecular flexibility index (Phi) is 4.96. The van der Waals surface area contributed by atoms with Gasteiger partial charge in [-0.3, -0.25) is 4.90 Å². The standard InChI is InChI=1S/C12H20N2OS/c1-9(8-16-3)14(2)7-10-6-11(13)4-5-12(10)15/h4-6,9,15H,7-8,13H2,1-3H3. The maximum atomic E-state index is 9.71. The summed E-state index contributed by atoms with van der Waals surface area (Å²) in [5.74, 6) is 1.40. The zero-order valence-electron chi connectivity index (χ0n) is 10.1. The van der Waals surface area contributed by atoms with Gasteiger partial charge in [0.25, 0.3) is 0 Å². The van der Waals surface area contributed by atoms with Crippen molar-refractivity contribution in [1.82, 2.24) is 4.90 Å². The van der Waals surface area contributed by atoms with E-state index in [2.05, 4.69) is 25.1 Å². The molecule has 4 heteroatoms. The lowest BCUT2D eigenvalue weighted by Crippen LogP contribution is -2.30. The number of phenolic OH excluding ortho intramolecular Hbond substituents is 1. The van der Waals surface area contributed by atoms with Crippen LogP contribution in [0.2, 0.25) is 0 Å². The van der Waals surface area contributed by atoms with Crippen LogP contribution in [0.15, 0.2) is 18.2 Å².